The molecule has 0 amide bonds. The Kier molecular flexibility index (Phi) is 3.73. The van der Waals surface area contributed by atoms with Crippen molar-refractivity contribution in [3.8, 4) is 11.5 Å². The fraction of sp³-hybridized carbons (Fsp3) is 0.0588. The van der Waals surface area contributed by atoms with Crippen LogP contribution in [0.4, 0.5) is 13.2 Å². The normalized spacial score (nSPS) is 11.4. The minimum absolute atomic E-state index is 0.117. The highest BCUT2D eigenvalue weighted by Crippen LogP contribution is 2.36. The van der Waals surface area contributed by atoms with E-state index in [1.165, 1.54) is 12.1 Å². The number of alkyl halides is 3. The lowest BCUT2D eigenvalue weighted by Crippen LogP contribution is -2.12. The average molecular weight is 317 g/mol. The van der Waals surface area contributed by atoms with Gasteiger partial charge in [-0.3, -0.25) is 4.79 Å². The zero-order valence-corrected chi connectivity index (χ0v) is 11.7. The summed E-state index contributed by atoms with van der Waals surface area (Å²) in [4.78, 5) is 16.1. The molecular weight excluding hydrogens is 307 g/mol. The summed E-state index contributed by atoms with van der Waals surface area (Å²) in [5.74, 6) is -2.45. The van der Waals surface area contributed by atoms with Gasteiger partial charge in [0.15, 0.2) is 5.69 Å². The fourth-order valence-corrected chi connectivity index (χ4v) is 2.10. The molecule has 23 heavy (non-hydrogen) atoms. The lowest BCUT2D eigenvalue weighted by molar-refractivity contribution is -0.153. The van der Waals surface area contributed by atoms with Crippen molar-refractivity contribution < 1.29 is 22.4 Å². The van der Waals surface area contributed by atoms with Gasteiger partial charge in [0.25, 0.3) is 0 Å². The number of rotatable bonds is 3. The summed E-state index contributed by atoms with van der Waals surface area (Å²) in [6, 6.07) is 15.8. The van der Waals surface area contributed by atoms with Crippen LogP contribution in [0.25, 0.3) is 11.5 Å². The SMILES string of the molecule is O=C(c1ccccc1)c1nc(-c2ccccc2)oc1C(F)(F)F. The van der Waals surface area contributed by atoms with E-state index >= 15 is 0 Å². The van der Waals surface area contributed by atoms with Crippen LogP contribution in [-0.4, -0.2) is 10.8 Å². The second-order valence-corrected chi connectivity index (χ2v) is 4.76. The number of nitrogens with zero attached hydrogens (tertiary/aromatic N) is 1. The molecule has 3 nitrogen and oxygen atoms in total. The number of ketones is 1. The molecule has 0 aliphatic rings. The summed E-state index contributed by atoms with van der Waals surface area (Å²) in [6.45, 7) is 0. The lowest BCUT2D eigenvalue weighted by atomic mass is 10.1. The molecule has 1 heterocycles. The number of carbonyl (C=O) groups is 1. The molecule has 0 aliphatic carbocycles. The van der Waals surface area contributed by atoms with Gasteiger partial charge in [-0.15, -0.1) is 0 Å². The molecule has 0 saturated carbocycles. The number of hydrogen-bond acceptors (Lipinski definition) is 3. The van der Waals surface area contributed by atoms with Crippen LogP contribution >= 0.6 is 0 Å². The molecule has 0 saturated heterocycles. The smallest absolute Gasteiger partial charge is 0.431 e. The van der Waals surface area contributed by atoms with E-state index in [0.29, 0.717) is 5.56 Å². The lowest BCUT2D eigenvalue weighted by Gasteiger charge is -2.04. The number of halogens is 3. The van der Waals surface area contributed by atoms with E-state index in [0.717, 1.165) is 0 Å². The maximum absolute atomic E-state index is 13.2. The van der Waals surface area contributed by atoms with Crippen LogP contribution in [0.15, 0.2) is 65.1 Å². The number of carbonyl (C=O) groups excluding carboxylic acids is 1. The van der Waals surface area contributed by atoms with Gasteiger partial charge in [-0.2, -0.15) is 13.2 Å². The molecule has 3 aromatic rings. The predicted octanol–water partition coefficient (Wildman–Crippen LogP) is 4.59. The van der Waals surface area contributed by atoms with Gasteiger partial charge in [-0.1, -0.05) is 48.5 Å². The summed E-state index contributed by atoms with van der Waals surface area (Å²) >= 11 is 0. The van der Waals surface area contributed by atoms with Crippen LogP contribution in [0.2, 0.25) is 0 Å². The minimum Gasteiger partial charge on any atom is -0.431 e. The van der Waals surface area contributed by atoms with Crippen molar-refractivity contribution in [3.05, 3.63) is 77.7 Å². The summed E-state index contributed by atoms with van der Waals surface area (Å²) in [5.41, 5.74) is -0.251. The second-order valence-electron chi connectivity index (χ2n) is 4.76. The molecule has 0 aliphatic heterocycles. The Balaban J connectivity index is 2.12. The summed E-state index contributed by atoms with van der Waals surface area (Å²) < 4.78 is 44.4. The zero-order valence-electron chi connectivity index (χ0n) is 11.7. The van der Waals surface area contributed by atoms with Crippen LogP contribution < -0.4 is 0 Å². The Morgan fingerprint density at radius 1 is 0.913 bits per heavy atom. The Bertz CT molecular complexity index is 824. The predicted molar refractivity (Wildman–Crippen MR) is 76.8 cm³/mol. The van der Waals surface area contributed by atoms with E-state index in [9.17, 15) is 18.0 Å². The first-order valence-corrected chi connectivity index (χ1v) is 6.70. The Labute approximate surface area is 129 Å². The van der Waals surface area contributed by atoms with E-state index in [-0.39, 0.29) is 11.5 Å². The molecule has 0 bridgehead atoms. The largest absolute Gasteiger partial charge is 0.452 e. The number of hydrogen-bond donors (Lipinski definition) is 0. The highest BCUT2D eigenvalue weighted by molar-refractivity contribution is 6.08. The van der Waals surface area contributed by atoms with E-state index in [1.54, 1.807) is 48.5 Å². The van der Waals surface area contributed by atoms with Crippen LogP contribution in [0.3, 0.4) is 0 Å². The second kappa shape index (κ2) is 5.72. The van der Waals surface area contributed by atoms with Gasteiger partial charge in [-0.05, 0) is 12.1 Å². The zero-order chi connectivity index (χ0) is 16.4. The number of aromatic nitrogens is 1. The van der Waals surface area contributed by atoms with E-state index < -0.39 is 23.4 Å². The number of benzene rings is 2. The quantitative estimate of drug-likeness (QED) is 0.664. The monoisotopic (exact) mass is 317 g/mol. The van der Waals surface area contributed by atoms with Crippen LogP contribution in [0.1, 0.15) is 21.8 Å². The molecule has 0 N–H and O–H groups in total. The first-order valence-electron chi connectivity index (χ1n) is 6.70. The van der Waals surface area contributed by atoms with Crippen LogP contribution in [-0.2, 0) is 6.18 Å². The van der Waals surface area contributed by atoms with Crippen molar-refractivity contribution in [2.24, 2.45) is 0 Å². The van der Waals surface area contributed by atoms with Crippen molar-refractivity contribution in [1.82, 2.24) is 4.98 Å². The minimum atomic E-state index is -4.81. The molecular formula is C17H10F3NO2. The first kappa shape index (κ1) is 15.0. The van der Waals surface area contributed by atoms with Gasteiger partial charge in [0.1, 0.15) is 0 Å². The van der Waals surface area contributed by atoms with Crippen molar-refractivity contribution in [2.75, 3.05) is 0 Å². The average Bonchev–Trinajstić information content (AvgIpc) is 3.01. The summed E-state index contributed by atoms with van der Waals surface area (Å²) in [6.07, 6.45) is -4.81. The molecule has 116 valence electrons. The number of oxazole rings is 1. The highest BCUT2D eigenvalue weighted by atomic mass is 19.4. The first-order chi connectivity index (χ1) is 11.0. The molecule has 0 unspecified atom stereocenters. The molecule has 1 aromatic heterocycles. The molecule has 0 atom stereocenters. The Morgan fingerprint density at radius 3 is 2.04 bits per heavy atom. The third kappa shape index (κ3) is 3.01. The van der Waals surface area contributed by atoms with Crippen LogP contribution in [0.5, 0.6) is 0 Å². The van der Waals surface area contributed by atoms with Crippen molar-refractivity contribution >= 4 is 5.78 Å². The third-order valence-corrected chi connectivity index (χ3v) is 3.16. The van der Waals surface area contributed by atoms with Gasteiger partial charge < -0.3 is 4.42 Å². The van der Waals surface area contributed by atoms with E-state index in [2.05, 4.69) is 4.98 Å². The maximum atomic E-state index is 13.2. The van der Waals surface area contributed by atoms with Crippen LogP contribution in [0, 0.1) is 0 Å². The molecule has 0 fully saturated rings. The van der Waals surface area contributed by atoms with Crippen molar-refractivity contribution in [3.63, 3.8) is 0 Å². The van der Waals surface area contributed by atoms with Gasteiger partial charge in [0, 0.05) is 11.1 Å². The standard InChI is InChI=1S/C17H10F3NO2/c18-17(19,20)15-13(14(22)11-7-3-1-4-8-11)21-16(23-15)12-9-5-2-6-10-12/h1-10H. The van der Waals surface area contributed by atoms with Gasteiger partial charge in [-0.25, -0.2) is 4.98 Å². The van der Waals surface area contributed by atoms with Gasteiger partial charge >= 0.3 is 6.18 Å². The van der Waals surface area contributed by atoms with Gasteiger partial charge in [0.05, 0.1) is 0 Å². The van der Waals surface area contributed by atoms with E-state index in [4.69, 9.17) is 4.42 Å². The van der Waals surface area contributed by atoms with E-state index in [1.807, 2.05) is 0 Å². The topological polar surface area (TPSA) is 43.1 Å². The maximum Gasteiger partial charge on any atom is 0.452 e. The molecule has 3 rings (SSSR count). The molecule has 2 aromatic carbocycles. The summed E-state index contributed by atoms with van der Waals surface area (Å²) in [7, 11) is 0. The summed E-state index contributed by atoms with van der Waals surface area (Å²) in [5, 5.41) is 0. The Morgan fingerprint density at radius 2 is 1.48 bits per heavy atom. The van der Waals surface area contributed by atoms with Crippen molar-refractivity contribution in [1.29, 1.82) is 0 Å². The fourth-order valence-electron chi connectivity index (χ4n) is 2.10. The Hall–Kier alpha value is -2.89. The van der Waals surface area contributed by atoms with Gasteiger partial charge in [0.2, 0.25) is 17.4 Å². The highest BCUT2D eigenvalue weighted by Gasteiger charge is 2.42. The molecule has 0 radical (unpaired) electrons. The molecule has 6 heteroatoms. The van der Waals surface area contributed by atoms with Crippen molar-refractivity contribution in [2.45, 2.75) is 6.18 Å². The molecule has 0 spiro atoms. The third-order valence-electron chi connectivity index (χ3n) is 3.16.